The third-order valence-corrected chi connectivity index (χ3v) is 5.55. The number of esters is 1. The predicted molar refractivity (Wildman–Crippen MR) is 144 cm³/mol. The maximum absolute atomic E-state index is 13.8. The number of amides is 3. The number of hydrogen-bond acceptors (Lipinski definition) is 6. The van der Waals surface area contributed by atoms with E-state index < -0.39 is 41.6 Å². The van der Waals surface area contributed by atoms with Crippen molar-refractivity contribution in [1.82, 2.24) is 15.5 Å². The van der Waals surface area contributed by atoms with Crippen LogP contribution in [0.1, 0.15) is 56.8 Å². The molecule has 0 bridgehead atoms. The van der Waals surface area contributed by atoms with E-state index >= 15 is 0 Å². The van der Waals surface area contributed by atoms with Crippen LogP contribution in [-0.4, -0.2) is 60.6 Å². The standard InChI is InChI=1S/C29H39N3O6/c1-7-37-24(33)16-17-30-26(34)25(22-15-11-12-20(2)18-22)32(6)27(35)23(19-21-13-9-8-10-14-21)31-28(36)38-29(3,4)5/h8-15,18,23,25H,7,16-17,19H2,1-6H3,(H,30,34)(H,31,36). The Labute approximate surface area is 224 Å². The van der Waals surface area contributed by atoms with Gasteiger partial charge in [0.15, 0.2) is 0 Å². The number of carbonyl (C=O) groups excluding carboxylic acids is 4. The molecule has 38 heavy (non-hydrogen) atoms. The Morgan fingerprint density at radius 1 is 1.00 bits per heavy atom. The van der Waals surface area contributed by atoms with E-state index in [2.05, 4.69) is 10.6 Å². The van der Waals surface area contributed by atoms with Gasteiger partial charge < -0.3 is 25.0 Å². The van der Waals surface area contributed by atoms with E-state index in [1.807, 2.05) is 55.5 Å². The van der Waals surface area contributed by atoms with Crippen LogP contribution in [0.15, 0.2) is 54.6 Å². The lowest BCUT2D eigenvalue weighted by atomic mass is 10.00. The average Bonchev–Trinajstić information content (AvgIpc) is 2.83. The molecular formula is C29H39N3O6. The van der Waals surface area contributed by atoms with Gasteiger partial charge in [0.05, 0.1) is 13.0 Å². The number of nitrogens with zero attached hydrogens (tertiary/aromatic N) is 1. The maximum atomic E-state index is 13.8. The van der Waals surface area contributed by atoms with Crippen LogP contribution in [0.5, 0.6) is 0 Å². The van der Waals surface area contributed by atoms with Crippen LogP contribution in [0.4, 0.5) is 4.79 Å². The van der Waals surface area contributed by atoms with Crippen LogP contribution in [0.25, 0.3) is 0 Å². The molecule has 9 nitrogen and oxygen atoms in total. The number of nitrogens with one attached hydrogen (secondary N) is 2. The molecule has 0 spiro atoms. The smallest absolute Gasteiger partial charge is 0.408 e. The Hall–Kier alpha value is -3.88. The average molecular weight is 526 g/mol. The van der Waals surface area contributed by atoms with Gasteiger partial charge in [0.1, 0.15) is 17.7 Å². The molecule has 3 amide bonds. The first kappa shape index (κ1) is 30.3. The van der Waals surface area contributed by atoms with Gasteiger partial charge in [-0.3, -0.25) is 14.4 Å². The summed E-state index contributed by atoms with van der Waals surface area (Å²) in [5, 5.41) is 5.43. The third-order valence-electron chi connectivity index (χ3n) is 5.55. The highest BCUT2D eigenvalue weighted by Crippen LogP contribution is 2.23. The molecule has 0 aliphatic carbocycles. The van der Waals surface area contributed by atoms with Crippen LogP contribution in [-0.2, 0) is 30.3 Å². The number of alkyl carbamates (subject to hydrolysis) is 1. The largest absolute Gasteiger partial charge is 0.466 e. The zero-order valence-electron chi connectivity index (χ0n) is 23.1. The van der Waals surface area contributed by atoms with Gasteiger partial charge in [-0.1, -0.05) is 60.2 Å². The van der Waals surface area contributed by atoms with Gasteiger partial charge in [-0.15, -0.1) is 0 Å². The van der Waals surface area contributed by atoms with E-state index in [0.29, 0.717) is 5.56 Å². The summed E-state index contributed by atoms with van der Waals surface area (Å²) in [7, 11) is 1.52. The molecule has 0 aromatic heterocycles. The number of benzene rings is 2. The molecule has 2 atom stereocenters. The SMILES string of the molecule is CCOC(=O)CCNC(=O)C(c1cccc(C)c1)N(C)C(=O)C(Cc1ccccc1)NC(=O)OC(C)(C)C. The van der Waals surface area contributed by atoms with Crippen LogP contribution in [0, 0.1) is 6.92 Å². The Bertz CT molecular complexity index is 1100. The second-order valence-corrected chi connectivity index (χ2v) is 10.0. The van der Waals surface area contributed by atoms with Gasteiger partial charge in [0, 0.05) is 20.0 Å². The molecule has 2 aromatic rings. The Kier molecular flexibility index (Phi) is 11.3. The second kappa shape index (κ2) is 14.2. The lowest BCUT2D eigenvalue weighted by molar-refractivity contribution is -0.143. The van der Waals surface area contributed by atoms with Gasteiger partial charge in [0.2, 0.25) is 11.8 Å². The Morgan fingerprint density at radius 3 is 2.29 bits per heavy atom. The molecule has 2 unspecified atom stereocenters. The predicted octanol–water partition coefficient (Wildman–Crippen LogP) is 3.70. The molecule has 0 fully saturated rings. The van der Waals surface area contributed by atoms with Crippen LogP contribution in [0.2, 0.25) is 0 Å². The van der Waals surface area contributed by atoms with Crippen molar-refractivity contribution in [2.24, 2.45) is 0 Å². The van der Waals surface area contributed by atoms with Crippen LogP contribution in [0.3, 0.4) is 0 Å². The molecular weight excluding hydrogens is 486 g/mol. The first-order chi connectivity index (χ1) is 17.9. The summed E-state index contributed by atoms with van der Waals surface area (Å²) in [6.07, 6.45) is -0.519. The molecule has 2 N–H and O–H groups in total. The van der Waals surface area contributed by atoms with Crippen molar-refractivity contribution in [3.63, 3.8) is 0 Å². The highest BCUT2D eigenvalue weighted by atomic mass is 16.6. The minimum Gasteiger partial charge on any atom is -0.466 e. The topological polar surface area (TPSA) is 114 Å². The number of carbonyl (C=O) groups is 4. The normalized spacial score (nSPS) is 12.6. The zero-order chi connectivity index (χ0) is 28.3. The van der Waals surface area contributed by atoms with Crippen LogP contribution < -0.4 is 10.6 Å². The monoisotopic (exact) mass is 525 g/mol. The minimum absolute atomic E-state index is 0.00854. The fraction of sp³-hybridized carbons (Fsp3) is 0.448. The Balaban J connectivity index is 2.33. The van der Waals surface area contributed by atoms with Gasteiger partial charge in [-0.25, -0.2) is 4.79 Å². The Morgan fingerprint density at radius 2 is 1.68 bits per heavy atom. The summed E-state index contributed by atoms with van der Waals surface area (Å²) in [5.74, 6) is -1.34. The van der Waals surface area contributed by atoms with Gasteiger partial charge in [0.25, 0.3) is 0 Å². The lowest BCUT2D eigenvalue weighted by Gasteiger charge is -2.32. The molecule has 2 rings (SSSR count). The van der Waals surface area contributed by atoms with E-state index in [1.54, 1.807) is 33.8 Å². The highest BCUT2D eigenvalue weighted by Gasteiger charge is 2.34. The minimum atomic E-state index is -0.997. The van der Waals surface area contributed by atoms with Crippen molar-refractivity contribution in [2.45, 2.75) is 65.1 Å². The lowest BCUT2D eigenvalue weighted by Crippen LogP contribution is -2.52. The van der Waals surface area contributed by atoms with Crippen molar-refractivity contribution in [2.75, 3.05) is 20.2 Å². The summed E-state index contributed by atoms with van der Waals surface area (Å²) in [6, 6.07) is 14.6. The van der Waals surface area contributed by atoms with E-state index in [1.165, 1.54) is 11.9 Å². The molecule has 0 heterocycles. The number of likely N-dealkylation sites (N-methyl/N-ethyl adjacent to an activating group) is 1. The molecule has 0 saturated carbocycles. The highest BCUT2D eigenvalue weighted by molar-refractivity contribution is 5.92. The van der Waals surface area contributed by atoms with Crippen molar-refractivity contribution in [1.29, 1.82) is 0 Å². The number of hydrogen-bond donors (Lipinski definition) is 2. The molecule has 206 valence electrons. The van der Waals surface area contributed by atoms with Crippen molar-refractivity contribution < 1.29 is 28.7 Å². The summed E-state index contributed by atoms with van der Waals surface area (Å²) in [6.45, 7) is 9.13. The van der Waals surface area contributed by atoms with Gasteiger partial charge in [-0.2, -0.15) is 0 Å². The maximum Gasteiger partial charge on any atom is 0.408 e. The molecule has 2 aromatic carbocycles. The van der Waals surface area contributed by atoms with Crippen LogP contribution >= 0.6 is 0 Å². The second-order valence-electron chi connectivity index (χ2n) is 10.0. The quantitative estimate of drug-likeness (QED) is 0.433. The van der Waals surface area contributed by atoms with Gasteiger partial charge >= 0.3 is 12.1 Å². The van der Waals surface area contributed by atoms with Gasteiger partial charge in [-0.05, 0) is 45.7 Å². The molecule has 0 saturated heterocycles. The zero-order valence-corrected chi connectivity index (χ0v) is 23.1. The van der Waals surface area contributed by atoms with E-state index in [-0.39, 0.29) is 26.0 Å². The van der Waals surface area contributed by atoms with Crippen molar-refractivity contribution in [3.8, 4) is 0 Å². The van der Waals surface area contributed by atoms with Crippen molar-refractivity contribution >= 4 is 23.9 Å². The number of rotatable bonds is 11. The summed E-state index contributed by atoms with van der Waals surface area (Å²) in [4.78, 5) is 52.9. The summed E-state index contributed by atoms with van der Waals surface area (Å²) in [5.41, 5.74) is 1.60. The number of aryl methyl sites for hydroxylation is 1. The van der Waals surface area contributed by atoms with E-state index in [0.717, 1.165) is 11.1 Å². The molecule has 0 aliphatic rings. The van der Waals surface area contributed by atoms with E-state index in [9.17, 15) is 19.2 Å². The number of ether oxygens (including phenoxy) is 2. The molecule has 0 radical (unpaired) electrons. The first-order valence-corrected chi connectivity index (χ1v) is 12.7. The van der Waals surface area contributed by atoms with E-state index in [4.69, 9.17) is 9.47 Å². The van der Waals surface area contributed by atoms with Crippen molar-refractivity contribution in [3.05, 3.63) is 71.3 Å². The summed E-state index contributed by atoms with van der Waals surface area (Å²) >= 11 is 0. The molecule has 0 aliphatic heterocycles. The third kappa shape index (κ3) is 9.88. The fourth-order valence-corrected chi connectivity index (χ4v) is 3.88. The summed E-state index contributed by atoms with van der Waals surface area (Å²) < 4.78 is 10.3. The molecule has 9 heteroatoms. The fourth-order valence-electron chi connectivity index (χ4n) is 3.88. The first-order valence-electron chi connectivity index (χ1n) is 12.7.